The van der Waals surface area contributed by atoms with Crippen molar-refractivity contribution in [1.82, 2.24) is 0 Å². The smallest absolute Gasteiger partial charge is 0.132 e. The summed E-state index contributed by atoms with van der Waals surface area (Å²) in [6.45, 7) is 0. The van der Waals surface area contributed by atoms with Gasteiger partial charge in [-0.25, -0.2) is 0 Å². The number of hydrogen-bond donors (Lipinski definition) is 0. The zero-order valence-electron chi connectivity index (χ0n) is 11.2. The molecule has 104 valence electrons. The molecule has 0 atom stereocenters. The molecule has 0 spiro atoms. The lowest BCUT2D eigenvalue weighted by Gasteiger charge is -2.10. The first-order valence-electron chi connectivity index (χ1n) is 5.90. The minimum absolute atomic E-state index is 0.805. The highest BCUT2D eigenvalue weighted by molar-refractivity contribution is 8.47. The fraction of sp³-hybridized carbons (Fsp3) is 0.133. The largest absolute Gasteiger partial charge is 0.496 e. The Bertz CT molecular complexity index is 548. The minimum Gasteiger partial charge on any atom is -0.496 e. The number of rotatable bonds is 4. The average Bonchev–Trinajstić information content (AvgIpc) is 2.48. The predicted octanol–water partition coefficient (Wildman–Crippen LogP) is 4.87. The van der Waals surface area contributed by atoms with Gasteiger partial charge in [-0.2, -0.15) is 0 Å². The molecule has 2 nitrogen and oxygen atoms in total. The molecule has 2 rings (SSSR count). The van der Waals surface area contributed by atoms with Gasteiger partial charge < -0.3 is 9.47 Å². The van der Waals surface area contributed by atoms with E-state index in [-0.39, 0.29) is 0 Å². The molecule has 0 saturated carbocycles. The van der Waals surface area contributed by atoms with Crippen LogP contribution in [0.15, 0.2) is 58.3 Å². The van der Waals surface area contributed by atoms with Gasteiger partial charge in [-0.1, -0.05) is 60.0 Å². The first-order valence-corrected chi connectivity index (χ1v) is 7.94. The number of methoxy groups -OCH3 is 2. The standard InChI is InChI=1S/C15H14O2S3/c1-16-11-7-3-5-9-13(11)19-15(18)20-14-10-6-4-8-12(14)17-2/h3-10H,1-2H3. The highest BCUT2D eigenvalue weighted by Crippen LogP contribution is 2.38. The van der Waals surface area contributed by atoms with Crippen molar-refractivity contribution in [2.75, 3.05) is 14.2 Å². The van der Waals surface area contributed by atoms with Crippen LogP contribution in [0.2, 0.25) is 0 Å². The summed E-state index contributed by atoms with van der Waals surface area (Å²) in [4.78, 5) is 2.03. The summed E-state index contributed by atoms with van der Waals surface area (Å²) in [5, 5.41) is 0. The highest BCUT2D eigenvalue weighted by Gasteiger charge is 2.10. The topological polar surface area (TPSA) is 18.5 Å². The summed E-state index contributed by atoms with van der Waals surface area (Å²) in [7, 11) is 3.33. The Labute approximate surface area is 132 Å². The molecule has 0 fully saturated rings. The van der Waals surface area contributed by atoms with Gasteiger partial charge in [0.15, 0.2) is 0 Å². The van der Waals surface area contributed by atoms with Crippen molar-refractivity contribution in [3.05, 3.63) is 48.5 Å². The summed E-state index contributed by atoms with van der Waals surface area (Å²) in [5.41, 5.74) is 0. The summed E-state index contributed by atoms with van der Waals surface area (Å²) in [5.74, 6) is 1.67. The van der Waals surface area contributed by atoms with Crippen molar-refractivity contribution < 1.29 is 9.47 Å². The van der Waals surface area contributed by atoms with Crippen molar-refractivity contribution in [2.24, 2.45) is 0 Å². The van der Waals surface area contributed by atoms with Crippen molar-refractivity contribution in [2.45, 2.75) is 9.79 Å². The fourth-order valence-corrected chi connectivity index (χ4v) is 4.01. The van der Waals surface area contributed by atoms with Crippen molar-refractivity contribution in [3.63, 3.8) is 0 Å². The molecule has 0 radical (unpaired) electrons. The van der Waals surface area contributed by atoms with Gasteiger partial charge in [-0.15, -0.1) is 0 Å². The summed E-state index contributed by atoms with van der Waals surface area (Å²) in [6, 6.07) is 15.7. The zero-order valence-corrected chi connectivity index (χ0v) is 13.6. The van der Waals surface area contributed by atoms with Gasteiger partial charge in [0, 0.05) is 0 Å². The van der Waals surface area contributed by atoms with E-state index in [2.05, 4.69) is 0 Å². The Morgan fingerprint density at radius 1 is 0.800 bits per heavy atom. The third-order valence-electron chi connectivity index (χ3n) is 2.52. The molecule has 0 aliphatic carbocycles. The lowest BCUT2D eigenvalue weighted by molar-refractivity contribution is 0.405. The number of hydrogen-bond acceptors (Lipinski definition) is 5. The molecule has 0 N–H and O–H groups in total. The second-order valence-corrected chi connectivity index (χ2v) is 7.04. The predicted molar refractivity (Wildman–Crippen MR) is 90.3 cm³/mol. The molecular formula is C15H14O2S3. The van der Waals surface area contributed by atoms with Crippen LogP contribution in [0.1, 0.15) is 0 Å². The second kappa shape index (κ2) is 7.57. The molecule has 0 aliphatic rings. The minimum atomic E-state index is 0.805. The first-order chi connectivity index (χ1) is 9.74. The maximum atomic E-state index is 5.45. The molecular weight excluding hydrogens is 308 g/mol. The Morgan fingerprint density at radius 2 is 1.20 bits per heavy atom. The number of thioether (sulfide) groups is 2. The monoisotopic (exact) mass is 322 g/mol. The van der Waals surface area contributed by atoms with Gasteiger partial charge in [0.2, 0.25) is 0 Å². The summed E-state index contributed by atoms with van der Waals surface area (Å²) in [6.07, 6.45) is 0. The van der Waals surface area contributed by atoms with E-state index in [0.717, 1.165) is 24.8 Å². The van der Waals surface area contributed by atoms with E-state index in [4.69, 9.17) is 21.7 Å². The second-order valence-electron chi connectivity index (χ2n) is 3.76. The van der Waals surface area contributed by atoms with Crippen LogP contribution in [0.3, 0.4) is 0 Å². The molecule has 0 aliphatic heterocycles. The quantitative estimate of drug-likeness (QED) is 0.588. The maximum absolute atomic E-state index is 5.45. The molecule has 0 heterocycles. The van der Waals surface area contributed by atoms with E-state index in [1.54, 1.807) is 14.2 Å². The molecule has 2 aromatic rings. The molecule has 2 aromatic carbocycles. The van der Waals surface area contributed by atoms with Crippen LogP contribution in [0, 0.1) is 0 Å². The molecule has 0 unspecified atom stereocenters. The van der Waals surface area contributed by atoms with Crippen LogP contribution in [0.5, 0.6) is 11.5 Å². The fourth-order valence-electron chi connectivity index (χ4n) is 1.61. The highest BCUT2D eigenvalue weighted by atomic mass is 32.2. The zero-order chi connectivity index (χ0) is 14.4. The SMILES string of the molecule is COc1ccccc1SC(=S)Sc1ccccc1OC. The van der Waals surface area contributed by atoms with E-state index >= 15 is 0 Å². The van der Waals surface area contributed by atoms with Gasteiger partial charge in [0.05, 0.1) is 24.0 Å². The maximum Gasteiger partial charge on any atom is 0.132 e. The molecule has 0 amide bonds. The number of ether oxygens (including phenoxy) is 2. The van der Waals surface area contributed by atoms with E-state index in [1.807, 2.05) is 48.5 Å². The van der Waals surface area contributed by atoms with Gasteiger partial charge in [0.25, 0.3) is 0 Å². The Morgan fingerprint density at radius 3 is 1.60 bits per heavy atom. The number of para-hydroxylation sites is 2. The molecule has 5 heteroatoms. The van der Waals surface area contributed by atoms with Gasteiger partial charge in [-0.3, -0.25) is 0 Å². The third kappa shape index (κ3) is 3.91. The third-order valence-corrected chi connectivity index (χ3v) is 4.97. The van der Waals surface area contributed by atoms with E-state index in [0.29, 0.717) is 0 Å². The van der Waals surface area contributed by atoms with Crippen molar-refractivity contribution in [1.29, 1.82) is 0 Å². The number of benzene rings is 2. The molecule has 0 bridgehead atoms. The molecule has 20 heavy (non-hydrogen) atoms. The van der Waals surface area contributed by atoms with Crippen LogP contribution in [0.4, 0.5) is 0 Å². The van der Waals surface area contributed by atoms with Crippen molar-refractivity contribution >= 4 is 39.3 Å². The normalized spacial score (nSPS) is 10.1. The van der Waals surface area contributed by atoms with Gasteiger partial charge in [0.1, 0.15) is 15.0 Å². The van der Waals surface area contributed by atoms with Crippen LogP contribution >= 0.6 is 35.7 Å². The van der Waals surface area contributed by atoms with Crippen LogP contribution in [-0.2, 0) is 0 Å². The van der Waals surface area contributed by atoms with E-state index in [9.17, 15) is 0 Å². The summed E-state index contributed by atoms with van der Waals surface area (Å²) < 4.78 is 11.5. The number of thiocarbonyl (C=S) groups is 1. The van der Waals surface area contributed by atoms with Crippen LogP contribution < -0.4 is 9.47 Å². The molecule has 0 saturated heterocycles. The Hall–Kier alpha value is -1.17. The van der Waals surface area contributed by atoms with E-state index in [1.165, 1.54) is 23.5 Å². The molecule has 0 aromatic heterocycles. The van der Waals surface area contributed by atoms with Gasteiger partial charge >= 0.3 is 0 Å². The van der Waals surface area contributed by atoms with E-state index < -0.39 is 0 Å². The van der Waals surface area contributed by atoms with Crippen LogP contribution in [0.25, 0.3) is 0 Å². The summed E-state index contributed by atoms with van der Waals surface area (Å²) >= 11 is 8.49. The lowest BCUT2D eigenvalue weighted by Crippen LogP contribution is -1.89. The lowest BCUT2D eigenvalue weighted by atomic mass is 10.3. The Balaban J connectivity index is 2.09. The first kappa shape index (κ1) is 15.2. The average molecular weight is 322 g/mol. The Kier molecular flexibility index (Phi) is 5.76. The van der Waals surface area contributed by atoms with Crippen molar-refractivity contribution in [3.8, 4) is 11.5 Å². The van der Waals surface area contributed by atoms with Gasteiger partial charge in [-0.05, 0) is 24.3 Å². The van der Waals surface area contributed by atoms with Crippen LogP contribution in [-0.4, -0.2) is 17.7 Å².